The first-order chi connectivity index (χ1) is 12.9. The van der Waals surface area contributed by atoms with E-state index in [9.17, 15) is 9.59 Å². The standard InChI is InChI=1S/C18H21N3O5S/c1-5-25-14-8-12(6-7-13(14)26-11(2)3)10-19-21-18-20-17(23)15(27-18)9-16(22)24-4/h6-11H,5H2,1-4H3,(H,20,21,23)/b15-9+,19-10?. The van der Waals surface area contributed by atoms with Crippen molar-refractivity contribution in [1.82, 2.24) is 5.32 Å². The smallest absolute Gasteiger partial charge is 0.331 e. The highest BCUT2D eigenvalue weighted by molar-refractivity contribution is 8.18. The van der Waals surface area contributed by atoms with Crippen molar-refractivity contribution >= 4 is 35.0 Å². The van der Waals surface area contributed by atoms with Gasteiger partial charge in [-0.25, -0.2) is 4.79 Å². The van der Waals surface area contributed by atoms with Crippen LogP contribution in [0.1, 0.15) is 26.3 Å². The fourth-order valence-corrected chi connectivity index (χ4v) is 2.75. The van der Waals surface area contributed by atoms with E-state index in [-0.39, 0.29) is 16.2 Å². The third-order valence-electron chi connectivity index (χ3n) is 3.09. The molecule has 1 fully saturated rings. The van der Waals surface area contributed by atoms with Crippen LogP contribution in [0.25, 0.3) is 0 Å². The zero-order valence-corrected chi connectivity index (χ0v) is 16.3. The Morgan fingerprint density at radius 3 is 2.78 bits per heavy atom. The van der Waals surface area contributed by atoms with E-state index in [2.05, 4.69) is 20.3 Å². The molecule has 144 valence electrons. The molecule has 27 heavy (non-hydrogen) atoms. The Morgan fingerprint density at radius 1 is 1.33 bits per heavy atom. The van der Waals surface area contributed by atoms with Crippen molar-refractivity contribution in [2.24, 2.45) is 10.2 Å². The fraction of sp³-hybridized carbons (Fsp3) is 0.333. The third-order valence-corrected chi connectivity index (χ3v) is 3.99. The van der Waals surface area contributed by atoms with E-state index >= 15 is 0 Å². The number of nitrogens with zero attached hydrogens (tertiary/aromatic N) is 2. The van der Waals surface area contributed by atoms with Crippen molar-refractivity contribution in [3.63, 3.8) is 0 Å². The molecule has 0 bridgehead atoms. The van der Waals surface area contributed by atoms with Crippen LogP contribution in [0.4, 0.5) is 0 Å². The van der Waals surface area contributed by atoms with Gasteiger partial charge in [-0.2, -0.15) is 5.10 Å². The van der Waals surface area contributed by atoms with Gasteiger partial charge in [0.15, 0.2) is 16.7 Å². The molecule has 0 aromatic heterocycles. The number of thioether (sulfide) groups is 1. The van der Waals surface area contributed by atoms with Crippen LogP contribution < -0.4 is 14.8 Å². The number of hydrogen-bond donors (Lipinski definition) is 1. The van der Waals surface area contributed by atoms with Crippen molar-refractivity contribution in [2.45, 2.75) is 26.9 Å². The van der Waals surface area contributed by atoms with Gasteiger partial charge in [0, 0.05) is 6.08 Å². The molecule has 1 aliphatic heterocycles. The second-order valence-corrected chi connectivity index (χ2v) is 6.57. The summed E-state index contributed by atoms with van der Waals surface area (Å²) < 4.78 is 15.8. The van der Waals surface area contributed by atoms with Crippen LogP contribution in [0.3, 0.4) is 0 Å². The van der Waals surface area contributed by atoms with E-state index < -0.39 is 11.9 Å². The average molecular weight is 391 g/mol. The Hall–Kier alpha value is -2.81. The van der Waals surface area contributed by atoms with Gasteiger partial charge in [0.2, 0.25) is 0 Å². The fourth-order valence-electron chi connectivity index (χ4n) is 2.01. The van der Waals surface area contributed by atoms with Gasteiger partial charge in [0.25, 0.3) is 5.91 Å². The number of rotatable bonds is 7. The molecule has 8 nitrogen and oxygen atoms in total. The molecule has 1 N–H and O–H groups in total. The van der Waals surface area contributed by atoms with Crippen molar-refractivity contribution in [2.75, 3.05) is 13.7 Å². The lowest BCUT2D eigenvalue weighted by atomic mass is 10.2. The van der Waals surface area contributed by atoms with Crippen LogP contribution in [-0.2, 0) is 14.3 Å². The Morgan fingerprint density at radius 2 is 2.11 bits per heavy atom. The molecule has 0 spiro atoms. The summed E-state index contributed by atoms with van der Waals surface area (Å²) in [5, 5.41) is 10.7. The maximum Gasteiger partial charge on any atom is 0.331 e. The quantitative estimate of drug-likeness (QED) is 0.332. The first kappa shape index (κ1) is 20.5. The lowest BCUT2D eigenvalue weighted by molar-refractivity contribution is -0.135. The average Bonchev–Trinajstić information content (AvgIpc) is 2.96. The molecule has 0 unspecified atom stereocenters. The highest BCUT2D eigenvalue weighted by atomic mass is 32.2. The van der Waals surface area contributed by atoms with Crippen molar-refractivity contribution < 1.29 is 23.8 Å². The van der Waals surface area contributed by atoms with Crippen molar-refractivity contribution in [3.05, 3.63) is 34.7 Å². The van der Waals surface area contributed by atoms with E-state index in [4.69, 9.17) is 9.47 Å². The molecule has 9 heteroatoms. The van der Waals surface area contributed by atoms with Crippen LogP contribution in [0, 0.1) is 0 Å². The van der Waals surface area contributed by atoms with Gasteiger partial charge in [-0.15, -0.1) is 5.10 Å². The van der Waals surface area contributed by atoms with Crippen LogP contribution in [-0.4, -0.2) is 43.1 Å². The topological polar surface area (TPSA) is 98.6 Å². The number of amidine groups is 1. The maximum absolute atomic E-state index is 11.7. The van der Waals surface area contributed by atoms with Crippen molar-refractivity contribution in [1.29, 1.82) is 0 Å². The van der Waals surface area contributed by atoms with Crippen molar-refractivity contribution in [3.8, 4) is 11.5 Å². The summed E-state index contributed by atoms with van der Waals surface area (Å²) in [5.74, 6) is 0.249. The summed E-state index contributed by atoms with van der Waals surface area (Å²) >= 11 is 1.01. The summed E-state index contributed by atoms with van der Waals surface area (Å²) in [6.45, 7) is 6.29. The minimum absolute atomic E-state index is 0.0327. The van der Waals surface area contributed by atoms with Gasteiger partial charge >= 0.3 is 5.97 Å². The maximum atomic E-state index is 11.7. The summed E-state index contributed by atoms with van der Waals surface area (Å²) in [5.41, 5.74) is 0.763. The summed E-state index contributed by atoms with van der Waals surface area (Å²) in [7, 11) is 1.24. The SMILES string of the molecule is CCOc1cc(C=N/N=C2/NC(=O)/C(=C\C(=O)OC)S2)ccc1OC(C)C. The first-order valence-corrected chi connectivity index (χ1v) is 9.08. The predicted octanol–water partition coefficient (Wildman–Crippen LogP) is 2.48. The van der Waals surface area contributed by atoms with Crippen LogP contribution >= 0.6 is 11.8 Å². The van der Waals surface area contributed by atoms with Crippen LogP contribution in [0.5, 0.6) is 11.5 Å². The number of benzene rings is 1. The lowest BCUT2D eigenvalue weighted by Gasteiger charge is -2.14. The third kappa shape index (κ3) is 6.14. The number of amides is 1. The second-order valence-electron chi connectivity index (χ2n) is 5.54. The highest BCUT2D eigenvalue weighted by Crippen LogP contribution is 2.29. The van der Waals surface area contributed by atoms with E-state index in [1.54, 1.807) is 6.07 Å². The van der Waals surface area contributed by atoms with Gasteiger partial charge in [-0.3, -0.25) is 10.1 Å². The summed E-state index contributed by atoms with van der Waals surface area (Å²) in [6.07, 6.45) is 2.67. The Kier molecular flexibility index (Phi) is 7.42. The first-order valence-electron chi connectivity index (χ1n) is 8.26. The number of carbonyl (C=O) groups excluding carboxylic acids is 2. The van der Waals surface area contributed by atoms with E-state index in [0.29, 0.717) is 18.1 Å². The molecule has 0 radical (unpaired) electrons. The van der Waals surface area contributed by atoms with E-state index in [1.165, 1.54) is 13.3 Å². The second kappa shape index (κ2) is 9.77. The molecule has 2 rings (SSSR count). The number of methoxy groups -OCH3 is 1. The number of esters is 1. The van der Waals surface area contributed by atoms with E-state index in [0.717, 1.165) is 23.4 Å². The van der Waals surface area contributed by atoms with Crippen LogP contribution in [0.2, 0.25) is 0 Å². The normalized spacial score (nSPS) is 17.0. The lowest BCUT2D eigenvalue weighted by Crippen LogP contribution is -2.19. The molecular weight excluding hydrogens is 370 g/mol. The number of carbonyl (C=O) groups is 2. The highest BCUT2D eigenvalue weighted by Gasteiger charge is 2.25. The Labute approximate surface area is 161 Å². The molecule has 1 aromatic carbocycles. The number of nitrogens with one attached hydrogen (secondary N) is 1. The molecule has 0 atom stereocenters. The Bertz CT molecular complexity index is 802. The van der Waals surface area contributed by atoms with Gasteiger partial charge in [0.1, 0.15) is 0 Å². The molecule has 1 amide bonds. The van der Waals surface area contributed by atoms with Gasteiger partial charge in [-0.1, -0.05) is 0 Å². The number of hydrogen-bond acceptors (Lipinski definition) is 8. The largest absolute Gasteiger partial charge is 0.490 e. The van der Waals surface area contributed by atoms with Gasteiger partial charge in [0.05, 0.1) is 30.9 Å². The Balaban J connectivity index is 2.10. The minimum atomic E-state index is -0.607. The minimum Gasteiger partial charge on any atom is -0.490 e. The molecular formula is C18H21N3O5S. The molecule has 0 saturated carbocycles. The summed E-state index contributed by atoms with van der Waals surface area (Å²) in [4.78, 5) is 23.2. The number of ether oxygens (including phenoxy) is 3. The zero-order valence-electron chi connectivity index (χ0n) is 15.5. The van der Waals surface area contributed by atoms with Gasteiger partial charge < -0.3 is 14.2 Å². The molecule has 1 aliphatic rings. The summed E-state index contributed by atoms with van der Waals surface area (Å²) in [6, 6.07) is 5.43. The van der Waals surface area contributed by atoms with E-state index in [1.807, 2.05) is 32.9 Å². The molecule has 1 heterocycles. The predicted molar refractivity (Wildman–Crippen MR) is 104 cm³/mol. The molecule has 1 aromatic rings. The van der Waals surface area contributed by atoms with Gasteiger partial charge in [-0.05, 0) is 56.3 Å². The van der Waals surface area contributed by atoms with Crippen LogP contribution in [0.15, 0.2) is 39.4 Å². The zero-order chi connectivity index (χ0) is 19.8. The molecule has 1 saturated heterocycles. The monoisotopic (exact) mass is 391 g/mol. The molecule has 0 aliphatic carbocycles.